The zero-order valence-corrected chi connectivity index (χ0v) is 9.68. The lowest BCUT2D eigenvalue weighted by Crippen LogP contribution is -2.38. The Kier molecular flexibility index (Phi) is 5.07. The zero-order chi connectivity index (χ0) is 10.4. The molecule has 0 aliphatic heterocycles. The third-order valence-electron chi connectivity index (χ3n) is 2.28. The Morgan fingerprint density at radius 2 is 2.36 bits per heavy atom. The summed E-state index contributed by atoms with van der Waals surface area (Å²) in [5.74, 6) is 0.543. The van der Waals surface area contributed by atoms with Gasteiger partial charge in [-0.05, 0) is 5.92 Å². The second-order valence-electron chi connectivity index (χ2n) is 3.84. The highest BCUT2D eigenvalue weighted by Gasteiger charge is 2.05. The van der Waals surface area contributed by atoms with Crippen LogP contribution in [0.1, 0.15) is 19.5 Å². The molecule has 0 radical (unpaired) electrons. The van der Waals surface area contributed by atoms with E-state index in [0.717, 1.165) is 19.5 Å². The normalized spacial score (nSPS) is 13.4. The molecule has 0 aliphatic rings. The van der Waals surface area contributed by atoms with Crippen LogP contribution in [-0.4, -0.2) is 24.1 Å². The number of hydrogen-bond acceptors (Lipinski definition) is 4. The summed E-state index contributed by atoms with van der Waals surface area (Å²) in [5.41, 5.74) is 8.94. The summed E-state index contributed by atoms with van der Waals surface area (Å²) in [6.07, 6.45) is 0.994. The highest BCUT2D eigenvalue weighted by molar-refractivity contribution is 7.07. The van der Waals surface area contributed by atoms with Gasteiger partial charge >= 0.3 is 0 Å². The van der Waals surface area contributed by atoms with E-state index in [1.54, 1.807) is 11.3 Å². The van der Waals surface area contributed by atoms with E-state index in [1.165, 1.54) is 5.69 Å². The Bertz CT molecular complexity index is 234. The SMILES string of the molecule is CC(C)C(N)CNCCc1cscn1. The van der Waals surface area contributed by atoms with Crippen molar-refractivity contribution in [2.24, 2.45) is 11.7 Å². The number of nitrogens with one attached hydrogen (secondary N) is 1. The summed E-state index contributed by atoms with van der Waals surface area (Å²) in [5, 5.41) is 5.43. The summed E-state index contributed by atoms with van der Waals surface area (Å²) >= 11 is 1.65. The van der Waals surface area contributed by atoms with Gasteiger partial charge in [0.05, 0.1) is 11.2 Å². The highest BCUT2D eigenvalue weighted by Crippen LogP contribution is 2.01. The summed E-state index contributed by atoms with van der Waals surface area (Å²) in [7, 11) is 0. The predicted octanol–water partition coefficient (Wildman–Crippen LogP) is 1.26. The van der Waals surface area contributed by atoms with Crippen LogP contribution < -0.4 is 11.1 Å². The molecule has 0 saturated carbocycles. The molecule has 0 bridgehead atoms. The smallest absolute Gasteiger partial charge is 0.0794 e. The first-order valence-corrected chi connectivity index (χ1v) is 5.97. The largest absolute Gasteiger partial charge is 0.326 e. The van der Waals surface area contributed by atoms with Gasteiger partial charge in [0.15, 0.2) is 0 Å². The van der Waals surface area contributed by atoms with Crippen LogP contribution in [0.5, 0.6) is 0 Å². The van der Waals surface area contributed by atoms with Crippen molar-refractivity contribution in [3.8, 4) is 0 Å². The zero-order valence-electron chi connectivity index (χ0n) is 8.86. The van der Waals surface area contributed by atoms with Gasteiger partial charge < -0.3 is 11.1 Å². The molecule has 0 saturated heterocycles. The Morgan fingerprint density at radius 3 is 2.93 bits per heavy atom. The maximum absolute atomic E-state index is 5.90. The van der Waals surface area contributed by atoms with Crippen molar-refractivity contribution in [3.05, 3.63) is 16.6 Å². The van der Waals surface area contributed by atoms with Gasteiger partial charge in [-0.2, -0.15) is 0 Å². The molecular formula is C10H19N3S. The van der Waals surface area contributed by atoms with E-state index < -0.39 is 0 Å². The van der Waals surface area contributed by atoms with Crippen molar-refractivity contribution in [1.82, 2.24) is 10.3 Å². The van der Waals surface area contributed by atoms with E-state index in [9.17, 15) is 0 Å². The predicted molar refractivity (Wildman–Crippen MR) is 61.5 cm³/mol. The second kappa shape index (κ2) is 6.11. The Hall–Kier alpha value is -0.450. The van der Waals surface area contributed by atoms with Crippen molar-refractivity contribution in [1.29, 1.82) is 0 Å². The fraction of sp³-hybridized carbons (Fsp3) is 0.700. The number of nitrogens with zero attached hydrogens (tertiary/aromatic N) is 1. The molecular weight excluding hydrogens is 194 g/mol. The number of rotatable bonds is 6. The molecule has 1 rings (SSSR count). The average molecular weight is 213 g/mol. The molecule has 0 amide bonds. The summed E-state index contributed by atoms with van der Waals surface area (Å²) in [4.78, 5) is 4.22. The molecule has 14 heavy (non-hydrogen) atoms. The van der Waals surface area contributed by atoms with Crippen molar-refractivity contribution in [3.63, 3.8) is 0 Å². The van der Waals surface area contributed by atoms with Crippen LogP contribution in [0.4, 0.5) is 0 Å². The van der Waals surface area contributed by atoms with Gasteiger partial charge in [0.2, 0.25) is 0 Å². The standard InChI is InChI=1S/C10H19N3S/c1-8(2)10(11)5-12-4-3-9-6-14-7-13-9/h6-8,10,12H,3-5,11H2,1-2H3. The lowest BCUT2D eigenvalue weighted by atomic mass is 10.1. The molecule has 1 unspecified atom stereocenters. The van der Waals surface area contributed by atoms with Crippen LogP contribution in [0, 0.1) is 5.92 Å². The molecule has 0 fully saturated rings. The molecule has 4 heteroatoms. The summed E-state index contributed by atoms with van der Waals surface area (Å²) < 4.78 is 0. The van der Waals surface area contributed by atoms with Gasteiger partial charge in [0, 0.05) is 30.9 Å². The maximum atomic E-state index is 5.90. The average Bonchev–Trinajstić information content (AvgIpc) is 2.64. The van der Waals surface area contributed by atoms with Gasteiger partial charge in [-0.1, -0.05) is 13.8 Å². The quantitative estimate of drug-likeness (QED) is 0.699. The minimum Gasteiger partial charge on any atom is -0.326 e. The lowest BCUT2D eigenvalue weighted by molar-refractivity contribution is 0.459. The third-order valence-corrected chi connectivity index (χ3v) is 2.91. The minimum atomic E-state index is 0.255. The number of nitrogens with two attached hydrogens (primary N) is 1. The first-order valence-electron chi connectivity index (χ1n) is 5.03. The van der Waals surface area contributed by atoms with Crippen molar-refractivity contribution < 1.29 is 0 Å². The van der Waals surface area contributed by atoms with Crippen LogP contribution in [0.25, 0.3) is 0 Å². The van der Waals surface area contributed by atoms with Gasteiger partial charge in [-0.3, -0.25) is 0 Å². The first kappa shape index (κ1) is 11.6. The maximum Gasteiger partial charge on any atom is 0.0794 e. The third kappa shape index (κ3) is 4.17. The molecule has 1 heterocycles. The minimum absolute atomic E-state index is 0.255. The van der Waals surface area contributed by atoms with Crippen LogP contribution in [0.3, 0.4) is 0 Å². The van der Waals surface area contributed by atoms with Crippen LogP contribution in [-0.2, 0) is 6.42 Å². The van der Waals surface area contributed by atoms with E-state index >= 15 is 0 Å². The van der Waals surface area contributed by atoms with Gasteiger partial charge in [0.1, 0.15) is 0 Å². The van der Waals surface area contributed by atoms with Crippen LogP contribution in [0.2, 0.25) is 0 Å². The summed E-state index contributed by atoms with van der Waals surface area (Å²) in [6.45, 7) is 6.14. The molecule has 0 aromatic carbocycles. The topological polar surface area (TPSA) is 50.9 Å². The lowest BCUT2D eigenvalue weighted by Gasteiger charge is -2.15. The number of thiazole rings is 1. The fourth-order valence-electron chi connectivity index (χ4n) is 1.08. The Labute approximate surface area is 89.7 Å². The van der Waals surface area contributed by atoms with Crippen LogP contribution in [0.15, 0.2) is 10.9 Å². The molecule has 3 N–H and O–H groups in total. The van der Waals surface area contributed by atoms with Crippen molar-refractivity contribution in [2.45, 2.75) is 26.3 Å². The Morgan fingerprint density at radius 1 is 1.57 bits per heavy atom. The van der Waals surface area contributed by atoms with Gasteiger partial charge in [0.25, 0.3) is 0 Å². The van der Waals surface area contributed by atoms with E-state index in [0.29, 0.717) is 5.92 Å². The summed E-state index contributed by atoms with van der Waals surface area (Å²) in [6, 6.07) is 0.255. The second-order valence-corrected chi connectivity index (χ2v) is 4.56. The molecule has 80 valence electrons. The monoisotopic (exact) mass is 213 g/mol. The van der Waals surface area contributed by atoms with Gasteiger partial charge in [-0.15, -0.1) is 11.3 Å². The van der Waals surface area contributed by atoms with E-state index in [4.69, 9.17) is 5.73 Å². The highest BCUT2D eigenvalue weighted by atomic mass is 32.1. The number of aromatic nitrogens is 1. The van der Waals surface area contributed by atoms with E-state index in [1.807, 2.05) is 5.51 Å². The van der Waals surface area contributed by atoms with E-state index in [2.05, 4.69) is 29.5 Å². The first-order chi connectivity index (χ1) is 6.70. The molecule has 3 nitrogen and oxygen atoms in total. The fourth-order valence-corrected chi connectivity index (χ4v) is 1.67. The molecule has 0 spiro atoms. The van der Waals surface area contributed by atoms with E-state index in [-0.39, 0.29) is 6.04 Å². The molecule has 1 atom stereocenters. The van der Waals surface area contributed by atoms with Crippen molar-refractivity contribution >= 4 is 11.3 Å². The van der Waals surface area contributed by atoms with Crippen molar-refractivity contribution in [2.75, 3.05) is 13.1 Å². The van der Waals surface area contributed by atoms with Gasteiger partial charge in [-0.25, -0.2) is 4.98 Å². The molecule has 1 aromatic rings. The molecule has 1 aromatic heterocycles. The Balaban J connectivity index is 2.05. The van der Waals surface area contributed by atoms with Crippen LogP contribution >= 0.6 is 11.3 Å². The molecule has 0 aliphatic carbocycles. The number of hydrogen-bond donors (Lipinski definition) is 2.